The predicted molar refractivity (Wildman–Crippen MR) is 129 cm³/mol. The molecule has 3 aromatic carbocycles. The summed E-state index contributed by atoms with van der Waals surface area (Å²) in [4.78, 5) is 22.6. The van der Waals surface area contributed by atoms with E-state index < -0.39 is 10.8 Å². The number of amides is 1. The van der Waals surface area contributed by atoms with E-state index in [1.807, 2.05) is 25.1 Å². The first-order valence-corrected chi connectivity index (χ1v) is 11.0. The maximum Gasteiger partial charge on any atom is 0.271 e. The van der Waals surface area contributed by atoms with Gasteiger partial charge in [-0.15, -0.1) is 0 Å². The lowest BCUT2D eigenvalue weighted by Crippen LogP contribution is -2.17. The smallest absolute Gasteiger partial charge is 0.271 e. The summed E-state index contributed by atoms with van der Waals surface area (Å²) in [6.45, 7) is 2.54. The highest BCUT2D eigenvalue weighted by molar-refractivity contribution is 9.10. The number of nitro benzene ring substituents is 1. The Morgan fingerprint density at radius 3 is 2.64 bits per heavy atom. The van der Waals surface area contributed by atoms with Gasteiger partial charge in [0.05, 0.1) is 17.7 Å². The summed E-state index contributed by atoms with van der Waals surface area (Å²) in [5.41, 5.74) is 3.77. The summed E-state index contributed by atoms with van der Waals surface area (Å²) in [6.07, 6.45) is 1.43. The molecule has 0 atom stereocenters. The summed E-state index contributed by atoms with van der Waals surface area (Å²) in [5.74, 6) is 0.441. The van der Waals surface area contributed by atoms with E-state index in [0.29, 0.717) is 33.2 Å². The van der Waals surface area contributed by atoms with Crippen LogP contribution >= 0.6 is 27.5 Å². The Labute approximate surface area is 203 Å². The zero-order valence-corrected chi connectivity index (χ0v) is 19.8. The van der Waals surface area contributed by atoms with Gasteiger partial charge in [-0.25, -0.2) is 5.43 Å². The molecule has 0 aromatic heterocycles. The van der Waals surface area contributed by atoms with Gasteiger partial charge < -0.3 is 9.47 Å². The normalized spacial score (nSPS) is 10.8. The minimum atomic E-state index is -0.573. The Balaban J connectivity index is 1.73. The molecule has 0 aliphatic rings. The van der Waals surface area contributed by atoms with Crippen LogP contribution in [0.2, 0.25) is 5.02 Å². The second-order valence-electron chi connectivity index (χ2n) is 6.64. The minimum Gasteiger partial charge on any atom is -0.490 e. The average Bonchev–Trinajstić information content (AvgIpc) is 2.81. The molecule has 3 aromatic rings. The van der Waals surface area contributed by atoms with E-state index in [2.05, 4.69) is 26.5 Å². The Kier molecular flexibility index (Phi) is 8.39. The number of hydrazone groups is 1. The van der Waals surface area contributed by atoms with E-state index >= 15 is 0 Å². The first-order chi connectivity index (χ1) is 15.9. The standard InChI is InChI=1S/C23H19BrClN3O5/c1-2-32-21-11-17(13-26-27-23(29)15-7-5-8-18(10-15)28(30)31)19(24)12-22(21)33-14-16-6-3-4-9-20(16)25/h3-13H,2,14H2,1H3,(H,27,29)/b26-13-. The minimum absolute atomic E-state index is 0.124. The van der Waals surface area contributed by atoms with Crippen molar-refractivity contribution in [2.75, 3.05) is 6.61 Å². The second-order valence-corrected chi connectivity index (χ2v) is 7.90. The highest BCUT2D eigenvalue weighted by Gasteiger charge is 2.13. The van der Waals surface area contributed by atoms with E-state index in [1.165, 1.54) is 30.5 Å². The molecule has 0 fully saturated rings. The van der Waals surface area contributed by atoms with Crippen molar-refractivity contribution in [2.24, 2.45) is 5.10 Å². The number of halogens is 2. The SMILES string of the molecule is CCOc1cc(/C=N\NC(=O)c2cccc([N+](=O)[O-])c2)c(Br)cc1OCc1ccccc1Cl. The van der Waals surface area contributed by atoms with Crippen LogP contribution in [-0.2, 0) is 6.61 Å². The van der Waals surface area contributed by atoms with Crippen molar-refractivity contribution in [3.63, 3.8) is 0 Å². The second kappa shape index (κ2) is 11.4. The van der Waals surface area contributed by atoms with Gasteiger partial charge in [0.2, 0.25) is 0 Å². The van der Waals surface area contributed by atoms with E-state index in [4.69, 9.17) is 21.1 Å². The number of hydrogen-bond acceptors (Lipinski definition) is 6. The lowest BCUT2D eigenvalue weighted by Gasteiger charge is -2.14. The molecular weight excluding hydrogens is 514 g/mol. The molecule has 170 valence electrons. The zero-order chi connectivity index (χ0) is 23.8. The zero-order valence-electron chi connectivity index (χ0n) is 17.5. The number of carbonyl (C=O) groups is 1. The van der Waals surface area contributed by atoms with Crippen LogP contribution in [0.15, 0.2) is 70.2 Å². The van der Waals surface area contributed by atoms with Crippen LogP contribution in [0.25, 0.3) is 0 Å². The van der Waals surface area contributed by atoms with Crippen LogP contribution in [0.1, 0.15) is 28.4 Å². The maximum atomic E-state index is 12.3. The number of ether oxygens (including phenoxy) is 2. The maximum absolute atomic E-state index is 12.3. The van der Waals surface area contributed by atoms with Crippen molar-refractivity contribution in [3.8, 4) is 11.5 Å². The van der Waals surface area contributed by atoms with Gasteiger partial charge in [-0.2, -0.15) is 5.10 Å². The molecule has 0 aliphatic carbocycles. The van der Waals surface area contributed by atoms with Crippen LogP contribution in [0.4, 0.5) is 5.69 Å². The molecule has 0 unspecified atom stereocenters. The molecule has 0 saturated carbocycles. The number of hydrogen-bond donors (Lipinski definition) is 1. The van der Waals surface area contributed by atoms with Crippen LogP contribution in [0.5, 0.6) is 11.5 Å². The number of nitro groups is 1. The molecule has 8 nitrogen and oxygen atoms in total. The Hall–Kier alpha value is -3.43. The summed E-state index contributed by atoms with van der Waals surface area (Å²) in [5, 5.41) is 15.4. The molecule has 0 heterocycles. The van der Waals surface area contributed by atoms with Crippen LogP contribution in [-0.4, -0.2) is 23.7 Å². The Morgan fingerprint density at radius 2 is 1.91 bits per heavy atom. The van der Waals surface area contributed by atoms with E-state index in [1.54, 1.807) is 18.2 Å². The summed E-state index contributed by atoms with van der Waals surface area (Å²) < 4.78 is 12.3. The van der Waals surface area contributed by atoms with Crippen LogP contribution in [0, 0.1) is 10.1 Å². The van der Waals surface area contributed by atoms with Gasteiger partial charge in [0, 0.05) is 38.3 Å². The molecule has 1 N–H and O–H groups in total. The Bertz CT molecular complexity index is 1200. The molecule has 0 aliphatic heterocycles. The molecule has 3 rings (SSSR count). The van der Waals surface area contributed by atoms with Gasteiger partial charge in [-0.1, -0.05) is 35.9 Å². The van der Waals surface area contributed by atoms with Gasteiger partial charge in [-0.3, -0.25) is 14.9 Å². The number of rotatable bonds is 9. The number of carbonyl (C=O) groups excluding carboxylic acids is 1. The molecule has 0 saturated heterocycles. The molecule has 0 bridgehead atoms. The third-order valence-corrected chi connectivity index (χ3v) is 5.45. The lowest BCUT2D eigenvalue weighted by molar-refractivity contribution is -0.384. The van der Waals surface area contributed by atoms with Gasteiger partial charge in [-0.05, 0) is 47.1 Å². The summed E-state index contributed by atoms with van der Waals surface area (Å²) in [6, 6.07) is 16.2. The monoisotopic (exact) mass is 531 g/mol. The number of benzene rings is 3. The highest BCUT2D eigenvalue weighted by Crippen LogP contribution is 2.34. The van der Waals surface area contributed by atoms with Crippen molar-refractivity contribution in [1.82, 2.24) is 5.43 Å². The van der Waals surface area contributed by atoms with Crippen LogP contribution < -0.4 is 14.9 Å². The van der Waals surface area contributed by atoms with Gasteiger partial charge in [0.25, 0.3) is 11.6 Å². The van der Waals surface area contributed by atoms with Gasteiger partial charge >= 0.3 is 0 Å². The van der Waals surface area contributed by atoms with Gasteiger partial charge in [0.1, 0.15) is 6.61 Å². The van der Waals surface area contributed by atoms with E-state index in [0.717, 1.165) is 5.56 Å². The van der Waals surface area contributed by atoms with E-state index in [-0.39, 0.29) is 17.9 Å². The largest absolute Gasteiger partial charge is 0.490 e. The molecule has 1 amide bonds. The van der Waals surface area contributed by atoms with Crippen molar-refractivity contribution < 1.29 is 19.2 Å². The molecule has 0 radical (unpaired) electrons. The molecule has 10 heteroatoms. The van der Waals surface area contributed by atoms with E-state index in [9.17, 15) is 14.9 Å². The van der Waals surface area contributed by atoms with Crippen molar-refractivity contribution in [2.45, 2.75) is 13.5 Å². The fourth-order valence-corrected chi connectivity index (χ4v) is 3.40. The molecular formula is C23H19BrClN3O5. The third-order valence-electron chi connectivity index (χ3n) is 4.39. The van der Waals surface area contributed by atoms with Gasteiger partial charge in [0.15, 0.2) is 11.5 Å². The molecule has 0 spiro atoms. The van der Waals surface area contributed by atoms with Crippen molar-refractivity contribution >= 4 is 45.3 Å². The summed E-state index contributed by atoms with van der Waals surface area (Å²) >= 11 is 9.66. The third kappa shape index (κ3) is 6.53. The fraction of sp³-hybridized carbons (Fsp3) is 0.130. The van der Waals surface area contributed by atoms with Crippen LogP contribution in [0.3, 0.4) is 0 Å². The lowest BCUT2D eigenvalue weighted by atomic mass is 10.2. The first-order valence-electron chi connectivity index (χ1n) is 9.79. The Morgan fingerprint density at radius 1 is 1.15 bits per heavy atom. The number of nitrogens with one attached hydrogen (secondary N) is 1. The highest BCUT2D eigenvalue weighted by atomic mass is 79.9. The molecule has 33 heavy (non-hydrogen) atoms. The van der Waals surface area contributed by atoms with Crippen molar-refractivity contribution in [1.29, 1.82) is 0 Å². The van der Waals surface area contributed by atoms with Crippen molar-refractivity contribution in [3.05, 3.63) is 97.0 Å². The average molecular weight is 533 g/mol. The summed E-state index contributed by atoms with van der Waals surface area (Å²) in [7, 11) is 0. The first kappa shape index (κ1) is 24.2. The number of nitrogens with zero attached hydrogens (tertiary/aromatic N) is 2. The number of non-ortho nitro benzene ring substituents is 1. The quantitative estimate of drug-likeness (QED) is 0.215. The topological polar surface area (TPSA) is 103 Å². The fourth-order valence-electron chi connectivity index (χ4n) is 2.79. The predicted octanol–water partition coefficient (Wildman–Crippen LogP) is 5.75.